The Morgan fingerprint density at radius 1 is 1.41 bits per heavy atom. The van der Waals surface area contributed by atoms with Crippen molar-refractivity contribution in [2.24, 2.45) is 5.73 Å². The maximum Gasteiger partial charge on any atom is 0.299 e. The molecule has 0 spiro atoms. The number of primary amides is 1. The Morgan fingerprint density at radius 2 is 2.14 bits per heavy atom. The third-order valence-corrected chi connectivity index (χ3v) is 5.85. The van der Waals surface area contributed by atoms with E-state index in [2.05, 4.69) is 33.8 Å². The SMILES string of the molecule is C=CC.CCc1oc(Nc2ccc(Cl)c(OCC3CCCN3C)c2)nc1C.NC(=O)c1cc(=O)cc[nH]1. The van der Waals surface area contributed by atoms with Gasteiger partial charge in [-0.2, -0.15) is 4.98 Å². The molecule has 3 aromatic rings. The van der Waals surface area contributed by atoms with E-state index in [0.29, 0.717) is 29.4 Å². The summed E-state index contributed by atoms with van der Waals surface area (Å²) in [4.78, 5) is 30.2. The predicted octanol–water partition coefficient (Wildman–Crippen LogP) is 5.08. The summed E-state index contributed by atoms with van der Waals surface area (Å²) in [5, 5.41) is 3.79. The molecule has 1 aliphatic rings. The number of aryl methyl sites for hydroxylation is 2. The second kappa shape index (κ2) is 14.9. The van der Waals surface area contributed by atoms with Crippen LogP contribution in [0.2, 0.25) is 5.02 Å². The number of halogens is 1. The van der Waals surface area contributed by atoms with Gasteiger partial charge in [0.15, 0.2) is 5.43 Å². The van der Waals surface area contributed by atoms with Gasteiger partial charge in [0, 0.05) is 42.5 Å². The van der Waals surface area contributed by atoms with Gasteiger partial charge in [-0.25, -0.2) is 0 Å². The fourth-order valence-corrected chi connectivity index (χ4v) is 3.76. The first-order chi connectivity index (χ1) is 17.7. The van der Waals surface area contributed by atoms with Crippen LogP contribution in [0.15, 0.2) is 58.4 Å². The van der Waals surface area contributed by atoms with Crippen molar-refractivity contribution in [3.63, 3.8) is 0 Å². The molecule has 3 heterocycles. The second-order valence-corrected chi connectivity index (χ2v) is 8.86. The second-order valence-electron chi connectivity index (χ2n) is 8.45. The van der Waals surface area contributed by atoms with Crippen LogP contribution in [0.25, 0.3) is 0 Å². The molecule has 1 saturated heterocycles. The molecule has 200 valence electrons. The minimum atomic E-state index is -0.627. The number of nitrogens with one attached hydrogen (secondary N) is 2. The van der Waals surface area contributed by atoms with E-state index < -0.39 is 5.91 Å². The Labute approximate surface area is 222 Å². The molecule has 1 aliphatic heterocycles. The van der Waals surface area contributed by atoms with Gasteiger partial charge in [-0.05, 0) is 52.4 Å². The number of oxazole rings is 1. The smallest absolute Gasteiger partial charge is 0.299 e. The lowest BCUT2D eigenvalue weighted by molar-refractivity contribution is 0.0995. The lowest BCUT2D eigenvalue weighted by atomic mass is 10.2. The number of rotatable bonds is 7. The molecule has 4 rings (SSSR count). The van der Waals surface area contributed by atoms with Gasteiger partial charge in [-0.3, -0.25) is 9.59 Å². The topological polar surface area (TPSA) is 126 Å². The summed E-state index contributed by atoms with van der Waals surface area (Å²) in [6, 6.07) is 9.03. The van der Waals surface area contributed by atoms with Crippen LogP contribution in [0.5, 0.6) is 5.75 Å². The van der Waals surface area contributed by atoms with Crippen molar-refractivity contribution in [3.05, 3.63) is 81.6 Å². The molecule has 1 fully saturated rings. The first-order valence-corrected chi connectivity index (χ1v) is 12.5. The van der Waals surface area contributed by atoms with Gasteiger partial charge in [0.05, 0.1) is 10.7 Å². The zero-order chi connectivity index (χ0) is 27.4. The normalized spacial score (nSPS) is 14.6. The predicted molar refractivity (Wildman–Crippen MR) is 148 cm³/mol. The molecule has 1 aromatic carbocycles. The number of allylic oxidation sites excluding steroid dienone is 1. The molecular formula is C27H36ClN5O4. The number of nitrogens with zero attached hydrogens (tertiary/aromatic N) is 2. The summed E-state index contributed by atoms with van der Waals surface area (Å²) in [7, 11) is 2.14. The molecular weight excluding hydrogens is 494 g/mol. The number of hydrogen-bond donors (Lipinski definition) is 3. The van der Waals surface area contributed by atoms with E-state index in [1.54, 1.807) is 6.08 Å². The van der Waals surface area contributed by atoms with Crippen LogP contribution >= 0.6 is 11.6 Å². The first-order valence-electron chi connectivity index (χ1n) is 12.1. The third kappa shape index (κ3) is 9.44. The Kier molecular flexibility index (Phi) is 11.9. The highest BCUT2D eigenvalue weighted by Crippen LogP contribution is 2.30. The molecule has 37 heavy (non-hydrogen) atoms. The molecule has 10 heteroatoms. The van der Waals surface area contributed by atoms with Crippen molar-refractivity contribution < 1.29 is 13.9 Å². The van der Waals surface area contributed by atoms with Crippen molar-refractivity contribution in [1.29, 1.82) is 0 Å². The van der Waals surface area contributed by atoms with Crippen molar-refractivity contribution in [2.45, 2.75) is 46.1 Å². The minimum absolute atomic E-state index is 0.132. The first kappa shape index (κ1) is 29.7. The number of amides is 1. The maximum absolute atomic E-state index is 10.6. The largest absolute Gasteiger partial charge is 0.490 e. The van der Waals surface area contributed by atoms with Crippen molar-refractivity contribution in [1.82, 2.24) is 14.9 Å². The van der Waals surface area contributed by atoms with E-state index in [1.165, 1.54) is 25.1 Å². The molecule has 0 saturated carbocycles. The Balaban J connectivity index is 0.000000308. The monoisotopic (exact) mass is 529 g/mol. The number of H-pyrrole nitrogens is 1. The average molecular weight is 530 g/mol. The number of nitrogens with two attached hydrogens (primary N) is 1. The van der Waals surface area contributed by atoms with Crippen LogP contribution in [0.1, 0.15) is 48.6 Å². The number of likely N-dealkylation sites (tertiary alicyclic amines) is 1. The summed E-state index contributed by atoms with van der Waals surface area (Å²) < 4.78 is 11.6. The number of aromatic nitrogens is 2. The number of carbonyl (C=O) groups excluding carboxylic acids is 1. The van der Waals surface area contributed by atoms with Gasteiger partial charge in [0.1, 0.15) is 23.8 Å². The van der Waals surface area contributed by atoms with Crippen LogP contribution in [-0.2, 0) is 6.42 Å². The summed E-state index contributed by atoms with van der Waals surface area (Å²) in [6.07, 6.45) is 6.34. The van der Waals surface area contributed by atoms with Crippen LogP contribution < -0.4 is 21.2 Å². The molecule has 0 radical (unpaired) electrons. The number of hydrogen-bond acceptors (Lipinski definition) is 7. The molecule has 9 nitrogen and oxygen atoms in total. The van der Waals surface area contributed by atoms with E-state index in [1.807, 2.05) is 39.0 Å². The molecule has 0 bridgehead atoms. The van der Waals surface area contributed by atoms with Crippen molar-refractivity contribution in [3.8, 4) is 5.75 Å². The zero-order valence-electron chi connectivity index (χ0n) is 21.8. The number of ether oxygens (including phenoxy) is 1. The highest BCUT2D eigenvalue weighted by molar-refractivity contribution is 6.32. The van der Waals surface area contributed by atoms with E-state index in [4.69, 9.17) is 26.5 Å². The summed E-state index contributed by atoms with van der Waals surface area (Å²) in [6.45, 7) is 11.0. The summed E-state index contributed by atoms with van der Waals surface area (Å²) in [5.74, 6) is 0.950. The van der Waals surface area contributed by atoms with Gasteiger partial charge >= 0.3 is 0 Å². The van der Waals surface area contributed by atoms with Crippen LogP contribution in [0.4, 0.5) is 11.7 Å². The maximum atomic E-state index is 10.6. The highest BCUT2D eigenvalue weighted by atomic mass is 35.5. The third-order valence-electron chi connectivity index (χ3n) is 5.54. The number of anilines is 2. The summed E-state index contributed by atoms with van der Waals surface area (Å²) in [5.41, 5.74) is 6.53. The fraction of sp³-hybridized carbons (Fsp3) is 0.370. The van der Waals surface area contributed by atoms with Crippen LogP contribution in [0.3, 0.4) is 0 Å². The highest BCUT2D eigenvalue weighted by Gasteiger charge is 2.21. The molecule has 0 aliphatic carbocycles. The van der Waals surface area contributed by atoms with E-state index in [9.17, 15) is 9.59 Å². The number of aromatic amines is 1. The lowest BCUT2D eigenvalue weighted by Crippen LogP contribution is -2.30. The van der Waals surface area contributed by atoms with Crippen molar-refractivity contribution >= 4 is 29.2 Å². The number of benzene rings is 1. The molecule has 1 amide bonds. The van der Waals surface area contributed by atoms with Gasteiger partial charge in [-0.15, -0.1) is 6.58 Å². The quantitative estimate of drug-likeness (QED) is 0.364. The number of pyridine rings is 1. The molecule has 1 unspecified atom stereocenters. The molecule has 2 aromatic heterocycles. The Morgan fingerprint density at radius 3 is 2.68 bits per heavy atom. The van der Waals surface area contributed by atoms with Crippen molar-refractivity contribution in [2.75, 3.05) is 25.5 Å². The fourth-order valence-electron chi connectivity index (χ4n) is 3.59. The summed E-state index contributed by atoms with van der Waals surface area (Å²) >= 11 is 6.27. The number of likely N-dealkylation sites (N-methyl/N-ethyl adjacent to an activating group) is 1. The van der Waals surface area contributed by atoms with Gasteiger partial charge in [-0.1, -0.05) is 24.6 Å². The molecule has 4 N–H and O–H groups in total. The van der Waals surface area contributed by atoms with Crippen LogP contribution in [-0.4, -0.2) is 47.0 Å². The minimum Gasteiger partial charge on any atom is -0.490 e. The van der Waals surface area contributed by atoms with E-state index in [0.717, 1.165) is 36.2 Å². The van der Waals surface area contributed by atoms with Gasteiger partial charge in [0.25, 0.3) is 11.9 Å². The zero-order valence-corrected chi connectivity index (χ0v) is 22.6. The molecule has 1 atom stereocenters. The Hall–Kier alpha value is -3.56. The van der Waals surface area contributed by atoms with E-state index in [-0.39, 0.29) is 11.1 Å². The van der Waals surface area contributed by atoms with Crippen LogP contribution in [0, 0.1) is 6.92 Å². The van der Waals surface area contributed by atoms with Gasteiger partial charge < -0.3 is 30.1 Å². The van der Waals surface area contributed by atoms with Gasteiger partial charge in [0.2, 0.25) is 0 Å². The standard InChI is InChI=1S/C18H24ClN3O2.C6H6N2O2.C3H6/c1-4-16-12(2)20-18(24-16)21-13-7-8-15(19)17(10-13)23-11-14-6-5-9-22(14)3;7-6(10)5-3-4(9)1-2-8-5;1-3-2/h7-8,10,14H,4-6,9,11H2,1-3H3,(H,20,21);1-3H,(H2,7,10)(H,8,9);3H,1H2,2H3. The number of carbonyl (C=O) groups is 1. The van der Waals surface area contributed by atoms with E-state index >= 15 is 0 Å². The lowest BCUT2D eigenvalue weighted by Gasteiger charge is -2.20. The average Bonchev–Trinajstić information content (AvgIpc) is 3.44. The Bertz CT molecular complexity index is 1220.